The van der Waals surface area contributed by atoms with Gasteiger partial charge < -0.3 is 13.9 Å². The molecule has 0 amide bonds. The van der Waals surface area contributed by atoms with Crippen LogP contribution in [0.4, 0.5) is 0 Å². The molecule has 0 unspecified atom stereocenters. The van der Waals surface area contributed by atoms with Gasteiger partial charge in [-0.05, 0) is 31.9 Å². The van der Waals surface area contributed by atoms with Crippen LogP contribution >= 0.6 is 0 Å². The predicted octanol–water partition coefficient (Wildman–Crippen LogP) is 3.63. The average Bonchev–Trinajstić information content (AvgIpc) is 3.00. The normalized spacial score (nSPS) is 10.5. The van der Waals surface area contributed by atoms with Crippen molar-refractivity contribution >= 4 is 5.97 Å². The standard InChI is InChI=1S/C17H21NO4/c1-3-21-17(19)11-7-6-10-16-18-12-15(22-16)13-8-4-5-9-14(13)20-2/h4-5,8-9,12H,3,6-7,10-11H2,1-2H3. The first-order chi connectivity index (χ1) is 10.7. The minimum Gasteiger partial charge on any atom is -0.496 e. The number of methoxy groups -OCH3 is 1. The second-order valence-electron chi connectivity index (χ2n) is 4.83. The van der Waals surface area contributed by atoms with Gasteiger partial charge in [-0.25, -0.2) is 4.98 Å². The molecule has 0 aliphatic rings. The van der Waals surface area contributed by atoms with Crippen LogP contribution < -0.4 is 4.74 Å². The van der Waals surface area contributed by atoms with Crippen LogP contribution in [0, 0.1) is 0 Å². The Morgan fingerprint density at radius 3 is 2.86 bits per heavy atom. The molecule has 0 radical (unpaired) electrons. The number of nitrogens with zero attached hydrogens (tertiary/aromatic N) is 1. The summed E-state index contributed by atoms with van der Waals surface area (Å²) in [5.74, 6) is 1.97. The Balaban J connectivity index is 1.88. The fourth-order valence-electron chi connectivity index (χ4n) is 2.18. The number of carbonyl (C=O) groups is 1. The number of hydrogen-bond donors (Lipinski definition) is 0. The Bertz CT molecular complexity index is 606. The summed E-state index contributed by atoms with van der Waals surface area (Å²) in [4.78, 5) is 15.5. The van der Waals surface area contributed by atoms with Crippen molar-refractivity contribution in [2.75, 3.05) is 13.7 Å². The highest BCUT2D eigenvalue weighted by Crippen LogP contribution is 2.30. The van der Waals surface area contributed by atoms with Crippen LogP contribution in [0.1, 0.15) is 32.1 Å². The van der Waals surface area contributed by atoms with Gasteiger partial charge in [-0.3, -0.25) is 4.79 Å². The van der Waals surface area contributed by atoms with Gasteiger partial charge in [-0.15, -0.1) is 0 Å². The number of para-hydroxylation sites is 1. The van der Waals surface area contributed by atoms with Gasteiger partial charge >= 0.3 is 5.97 Å². The zero-order valence-electron chi connectivity index (χ0n) is 13.0. The lowest BCUT2D eigenvalue weighted by Crippen LogP contribution is -2.03. The highest BCUT2D eigenvalue weighted by molar-refractivity contribution is 5.69. The van der Waals surface area contributed by atoms with E-state index >= 15 is 0 Å². The molecule has 0 N–H and O–H groups in total. The van der Waals surface area contributed by atoms with E-state index in [0.717, 1.165) is 24.2 Å². The van der Waals surface area contributed by atoms with Gasteiger partial charge in [-0.1, -0.05) is 12.1 Å². The molecule has 5 heteroatoms. The zero-order chi connectivity index (χ0) is 15.8. The second kappa shape index (κ2) is 8.22. The number of rotatable bonds is 8. The van der Waals surface area contributed by atoms with Crippen LogP contribution in [0.2, 0.25) is 0 Å². The van der Waals surface area contributed by atoms with Gasteiger partial charge in [0.25, 0.3) is 0 Å². The number of benzene rings is 1. The van der Waals surface area contributed by atoms with E-state index in [-0.39, 0.29) is 5.97 Å². The summed E-state index contributed by atoms with van der Waals surface area (Å²) in [7, 11) is 1.63. The van der Waals surface area contributed by atoms with Crippen molar-refractivity contribution in [1.29, 1.82) is 0 Å². The molecule has 0 saturated heterocycles. The Morgan fingerprint density at radius 2 is 2.09 bits per heavy atom. The molecule has 0 bridgehead atoms. The molecular weight excluding hydrogens is 282 g/mol. The van der Waals surface area contributed by atoms with Crippen LogP contribution in [0.5, 0.6) is 5.75 Å². The number of hydrogen-bond acceptors (Lipinski definition) is 5. The number of unbranched alkanes of at least 4 members (excludes halogenated alkanes) is 1. The summed E-state index contributed by atoms with van der Waals surface area (Å²) >= 11 is 0. The van der Waals surface area contributed by atoms with Crippen LogP contribution in [-0.4, -0.2) is 24.7 Å². The first kappa shape index (κ1) is 16.1. The molecule has 0 atom stereocenters. The third-order valence-corrected chi connectivity index (χ3v) is 3.25. The monoisotopic (exact) mass is 303 g/mol. The molecule has 22 heavy (non-hydrogen) atoms. The molecule has 0 aliphatic carbocycles. The molecule has 0 spiro atoms. The van der Waals surface area contributed by atoms with Crippen molar-refractivity contribution in [2.24, 2.45) is 0 Å². The van der Waals surface area contributed by atoms with Crippen LogP contribution in [-0.2, 0) is 16.0 Å². The highest BCUT2D eigenvalue weighted by Gasteiger charge is 2.11. The Labute approximate surface area is 130 Å². The molecule has 0 saturated carbocycles. The molecule has 118 valence electrons. The number of ether oxygens (including phenoxy) is 2. The molecular formula is C17H21NO4. The molecule has 0 aliphatic heterocycles. The maximum absolute atomic E-state index is 11.2. The Hall–Kier alpha value is -2.30. The van der Waals surface area contributed by atoms with Crippen molar-refractivity contribution in [1.82, 2.24) is 4.98 Å². The maximum atomic E-state index is 11.2. The number of esters is 1. The number of carbonyl (C=O) groups excluding carboxylic acids is 1. The number of aromatic nitrogens is 1. The van der Waals surface area contributed by atoms with Crippen molar-refractivity contribution in [2.45, 2.75) is 32.6 Å². The van der Waals surface area contributed by atoms with Crippen LogP contribution in [0.25, 0.3) is 11.3 Å². The Morgan fingerprint density at radius 1 is 1.27 bits per heavy atom. The zero-order valence-corrected chi connectivity index (χ0v) is 13.0. The van der Waals surface area contributed by atoms with E-state index in [0.29, 0.717) is 31.1 Å². The van der Waals surface area contributed by atoms with E-state index in [9.17, 15) is 4.79 Å². The van der Waals surface area contributed by atoms with Crippen molar-refractivity contribution in [3.8, 4) is 17.1 Å². The van der Waals surface area contributed by atoms with Crippen molar-refractivity contribution in [3.05, 3.63) is 36.4 Å². The van der Waals surface area contributed by atoms with E-state index in [1.54, 1.807) is 13.3 Å². The predicted molar refractivity (Wildman–Crippen MR) is 82.7 cm³/mol. The van der Waals surface area contributed by atoms with E-state index in [1.807, 2.05) is 31.2 Å². The molecule has 2 aromatic rings. The van der Waals surface area contributed by atoms with Gasteiger partial charge in [0.15, 0.2) is 11.7 Å². The lowest BCUT2D eigenvalue weighted by atomic mass is 10.1. The number of oxazole rings is 1. The lowest BCUT2D eigenvalue weighted by Gasteiger charge is -2.04. The highest BCUT2D eigenvalue weighted by atomic mass is 16.5. The van der Waals surface area contributed by atoms with E-state index in [1.165, 1.54) is 0 Å². The number of aryl methyl sites for hydroxylation is 1. The summed E-state index contributed by atoms with van der Waals surface area (Å²) in [6.07, 6.45) is 4.46. The fraction of sp³-hybridized carbons (Fsp3) is 0.412. The fourth-order valence-corrected chi connectivity index (χ4v) is 2.18. The first-order valence-electron chi connectivity index (χ1n) is 7.48. The van der Waals surface area contributed by atoms with Gasteiger partial charge in [0.2, 0.25) is 0 Å². The summed E-state index contributed by atoms with van der Waals surface area (Å²) < 4.78 is 16.0. The molecule has 0 fully saturated rings. The summed E-state index contributed by atoms with van der Waals surface area (Å²) in [5, 5.41) is 0. The van der Waals surface area contributed by atoms with Crippen LogP contribution in [0.15, 0.2) is 34.9 Å². The molecule has 1 heterocycles. The van der Waals surface area contributed by atoms with Crippen LogP contribution in [0.3, 0.4) is 0 Å². The molecule has 5 nitrogen and oxygen atoms in total. The van der Waals surface area contributed by atoms with Gasteiger partial charge in [0.05, 0.1) is 25.5 Å². The van der Waals surface area contributed by atoms with Gasteiger partial charge in [0, 0.05) is 12.8 Å². The lowest BCUT2D eigenvalue weighted by molar-refractivity contribution is -0.143. The third-order valence-electron chi connectivity index (χ3n) is 3.25. The van der Waals surface area contributed by atoms with E-state index in [2.05, 4.69) is 4.98 Å². The topological polar surface area (TPSA) is 61.6 Å². The minimum absolute atomic E-state index is 0.149. The minimum atomic E-state index is -0.149. The molecule has 1 aromatic heterocycles. The first-order valence-corrected chi connectivity index (χ1v) is 7.48. The van der Waals surface area contributed by atoms with E-state index in [4.69, 9.17) is 13.9 Å². The maximum Gasteiger partial charge on any atom is 0.305 e. The van der Waals surface area contributed by atoms with Gasteiger partial charge in [0.1, 0.15) is 5.75 Å². The smallest absolute Gasteiger partial charge is 0.305 e. The van der Waals surface area contributed by atoms with Crippen molar-refractivity contribution < 1.29 is 18.7 Å². The summed E-state index contributed by atoms with van der Waals surface area (Å²) in [6.45, 7) is 2.24. The molecule has 1 aromatic carbocycles. The second-order valence-corrected chi connectivity index (χ2v) is 4.83. The van der Waals surface area contributed by atoms with Gasteiger partial charge in [-0.2, -0.15) is 0 Å². The average molecular weight is 303 g/mol. The summed E-state index contributed by atoms with van der Waals surface area (Å²) in [5.41, 5.74) is 0.885. The van der Waals surface area contributed by atoms with E-state index < -0.39 is 0 Å². The molecule has 2 rings (SSSR count). The summed E-state index contributed by atoms with van der Waals surface area (Å²) in [6, 6.07) is 7.66. The Kier molecular flexibility index (Phi) is 6.01. The largest absolute Gasteiger partial charge is 0.496 e. The third kappa shape index (κ3) is 4.35. The SMILES string of the molecule is CCOC(=O)CCCCc1ncc(-c2ccccc2OC)o1. The van der Waals surface area contributed by atoms with Crippen molar-refractivity contribution in [3.63, 3.8) is 0 Å². The quantitative estimate of drug-likeness (QED) is 0.550.